The van der Waals surface area contributed by atoms with E-state index in [2.05, 4.69) is 10.6 Å². The standard InChI is InChI=1S/C55H76ClN5O19S/c1-33-9-8-10-35(3)55(71)32-40(77-53(70)58-55)36(4)50-54(6,79-50)42(31-46(65)59(7)39-29-38(27-33)28-34(2)49(39)56)78-52(69)37(5)76-25-26-81-41-30-47(66)60(51(41)68)16-13-43(62)57-15-18-73-20-22-75-24-23-74-21-19-72-17-14-48(67)80-61-44(63)11-12-45(61)64/h8-10,28-29,35-37,40-42,50,71H,11-27,30-32H2,1-7H3,(H,57,62)(H,58,70)/b10-8+,33-9+/t35-,36-,37+,40?,41?,42+,50+,54+,55+/m1/s1. The molecule has 1 aromatic carbocycles. The lowest BCUT2D eigenvalue weighted by Gasteiger charge is -2.41. The summed E-state index contributed by atoms with van der Waals surface area (Å²) in [5, 5.41) is 17.2. The number of fused-ring (bicyclic) bond motifs is 5. The summed E-state index contributed by atoms with van der Waals surface area (Å²) in [7, 11) is 1.60. The van der Waals surface area contributed by atoms with Crippen molar-refractivity contribution in [2.24, 2.45) is 11.8 Å². The molecule has 0 spiro atoms. The Labute approximate surface area is 480 Å². The van der Waals surface area contributed by atoms with Crippen molar-refractivity contribution in [1.82, 2.24) is 20.6 Å². The van der Waals surface area contributed by atoms with Crippen molar-refractivity contribution in [3.63, 3.8) is 0 Å². The zero-order valence-corrected chi connectivity index (χ0v) is 48.6. The first-order chi connectivity index (χ1) is 38.5. The number of rotatable bonds is 26. The van der Waals surface area contributed by atoms with Crippen LogP contribution in [0.25, 0.3) is 0 Å². The molecule has 0 saturated carbocycles. The average molecular weight is 1180 g/mol. The van der Waals surface area contributed by atoms with Crippen LogP contribution in [0.5, 0.6) is 0 Å². The number of aliphatic hydroxyl groups is 1. The van der Waals surface area contributed by atoms with Crippen molar-refractivity contribution in [2.45, 2.75) is 134 Å². The predicted molar refractivity (Wildman–Crippen MR) is 291 cm³/mol. The highest BCUT2D eigenvalue weighted by Crippen LogP contribution is 2.49. The minimum atomic E-state index is -1.65. The molecule has 5 aliphatic heterocycles. The van der Waals surface area contributed by atoms with E-state index in [1.54, 1.807) is 20.9 Å². The Bertz CT molecular complexity index is 2520. The number of nitrogens with zero attached hydrogens (tertiary/aromatic N) is 3. The van der Waals surface area contributed by atoms with Gasteiger partial charge in [0.2, 0.25) is 23.6 Å². The summed E-state index contributed by atoms with van der Waals surface area (Å²) in [6.07, 6.45) is 1.03. The summed E-state index contributed by atoms with van der Waals surface area (Å²) in [6.45, 7) is 12.6. The number of hydroxylamine groups is 2. The third-order valence-electron chi connectivity index (χ3n) is 14.5. The van der Waals surface area contributed by atoms with Crippen LogP contribution in [0, 0.1) is 18.8 Å². The highest BCUT2D eigenvalue weighted by atomic mass is 35.5. The molecule has 24 nitrogen and oxygen atoms in total. The van der Waals surface area contributed by atoms with E-state index in [4.69, 9.17) is 54.3 Å². The maximum absolute atomic E-state index is 14.2. The Kier molecular flexibility index (Phi) is 24.1. The van der Waals surface area contributed by atoms with Crippen LogP contribution in [0.2, 0.25) is 5.02 Å². The topological polar surface area (TPSA) is 294 Å². The number of halogens is 1. The fourth-order valence-electron chi connectivity index (χ4n) is 9.57. The molecule has 4 saturated heterocycles. The predicted octanol–water partition coefficient (Wildman–Crippen LogP) is 3.42. The van der Waals surface area contributed by atoms with Crippen molar-refractivity contribution in [2.75, 3.05) is 90.3 Å². The quantitative estimate of drug-likeness (QED) is 0.0518. The highest BCUT2D eigenvalue weighted by molar-refractivity contribution is 8.00. The smallest absolute Gasteiger partial charge is 0.409 e. The molecule has 6 rings (SSSR count). The van der Waals surface area contributed by atoms with Gasteiger partial charge in [-0.1, -0.05) is 55.3 Å². The van der Waals surface area contributed by atoms with Crippen LogP contribution in [0.3, 0.4) is 0 Å². The number of hydrogen-bond acceptors (Lipinski definition) is 20. The van der Waals surface area contributed by atoms with Crippen molar-refractivity contribution in [1.29, 1.82) is 0 Å². The fraction of sp³-hybridized carbons (Fsp3) is 0.655. The lowest BCUT2D eigenvalue weighted by molar-refractivity contribution is -0.198. The average Bonchev–Trinajstić information content (AvgIpc) is 2.45. The molecule has 4 bridgehead atoms. The molecule has 0 radical (unpaired) electrons. The minimum Gasteiger partial charge on any atom is -0.457 e. The number of allylic oxidation sites excluding steroid dienone is 3. The van der Waals surface area contributed by atoms with Crippen LogP contribution < -0.4 is 15.5 Å². The van der Waals surface area contributed by atoms with E-state index in [0.717, 1.165) is 21.6 Å². The largest absolute Gasteiger partial charge is 0.457 e. The summed E-state index contributed by atoms with van der Waals surface area (Å²) < 4.78 is 45.6. The maximum Gasteiger partial charge on any atom is 0.409 e. The Morgan fingerprint density at radius 2 is 1.54 bits per heavy atom. The second-order valence-electron chi connectivity index (χ2n) is 20.8. The van der Waals surface area contributed by atoms with E-state index in [1.807, 2.05) is 51.1 Å². The molecule has 0 aliphatic carbocycles. The molecule has 4 fully saturated rings. The van der Waals surface area contributed by atoms with Gasteiger partial charge in [0, 0.05) is 69.8 Å². The van der Waals surface area contributed by atoms with Gasteiger partial charge in [-0.2, -0.15) is 0 Å². The maximum atomic E-state index is 14.2. The first kappa shape index (κ1) is 64.7. The van der Waals surface area contributed by atoms with Gasteiger partial charge in [-0.15, -0.1) is 16.8 Å². The summed E-state index contributed by atoms with van der Waals surface area (Å²) >= 11 is 8.00. The molecule has 81 heavy (non-hydrogen) atoms. The summed E-state index contributed by atoms with van der Waals surface area (Å²) in [5.41, 5.74) is 0.252. The van der Waals surface area contributed by atoms with Gasteiger partial charge in [0.25, 0.3) is 11.8 Å². The number of amides is 7. The first-order valence-corrected chi connectivity index (χ1v) is 28.6. The van der Waals surface area contributed by atoms with E-state index < -0.39 is 100 Å². The third kappa shape index (κ3) is 18.2. The number of esters is 1. The van der Waals surface area contributed by atoms with E-state index in [9.17, 15) is 48.3 Å². The SMILES string of the molecule is C/C1=C\C=C\[C@@H](C)[C@@]2(O)CC(OC(=O)N2)[C@@H](C)[C@@H]2O[C@@]2(C)[C@@H](OC(=O)[C@H](C)OCCSC2CC(=O)N(CCC(=O)NCCOCCOCCOCCOCCC(=O)ON3C(=O)CCC3=O)C2=O)CC(=O)N(C)c2cc(cc(C)c2Cl)C1. The van der Waals surface area contributed by atoms with Crippen molar-refractivity contribution in [3.8, 4) is 0 Å². The summed E-state index contributed by atoms with van der Waals surface area (Å²) in [6, 6.07) is 3.80. The number of imide groups is 2. The van der Waals surface area contributed by atoms with Gasteiger partial charge < -0.3 is 58.1 Å². The second-order valence-corrected chi connectivity index (χ2v) is 22.5. The number of likely N-dealkylation sites (tertiary alicyclic amines) is 1. The molecule has 26 heteroatoms. The molecular formula is C55H76ClN5O19S. The molecule has 7 amide bonds. The number of thioether (sulfide) groups is 1. The lowest BCUT2D eigenvalue weighted by atomic mass is 9.82. The number of nitrogens with one attached hydrogen (secondary N) is 2. The second kappa shape index (κ2) is 30.2. The monoisotopic (exact) mass is 1180 g/mol. The highest BCUT2D eigenvalue weighted by Gasteiger charge is 2.64. The van der Waals surface area contributed by atoms with Gasteiger partial charge in [0.1, 0.15) is 23.5 Å². The molecule has 448 valence electrons. The van der Waals surface area contributed by atoms with E-state index in [0.29, 0.717) is 35.4 Å². The van der Waals surface area contributed by atoms with E-state index >= 15 is 0 Å². The number of alkyl carbamates (subject to hydrolysis) is 1. The number of hydrogen-bond donors (Lipinski definition) is 3. The molecular weight excluding hydrogens is 1100 g/mol. The Balaban J connectivity index is 0.881. The van der Waals surface area contributed by atoms with Crippen LogP contribution in [-0.2, 0) is 87.5 Å². The zero-order valence-electron chi connectivity index (χ0n) is 47.0. The minimum absolute atomic E-state index is 0.00220. The Hall–Kier alpha value is -5.51. The normalized spacial score (nSPS) is 27.5. The molecule has 5 aliphatic rings. The molecule has 1 aromatic rings. The molecule has 9 atom stereocenters. The van der Waals surface area contributed by atoms with Gasteiger partial charge in [0.05, 0.1) is 94.4 Å². The number of benzene rings is 1. The Morgan fingerprint density at radius 3 is 2.22 bits per heavy atom. The molecule has 3 N–H and O–H groups in total. The number of anilines is 1. The van der Waals surface area contributed by atoms with Gasteiger partial charge in [-0.3, -0.25) is 39.0 Å². The number of epoxide rings is 1. The number of carbonyl (C=O) groups is 9. The van der Waals surface area contributed by atoms with Crippen LogP contribution >= 0.6 is 23.4 Å². The summed E-state index contributed by atoms with van der Waals surface area (Å²) in [4.78, 5) is 122. The number of carbonyl (C=O) groups excluding carboxylic acids is 9. The Morgan fingerprint density at radius 1 is 0.889 bits per heavy atom. The van der Waals surface area contributed by atoms with E-state index in [-0.39, 0.29) is 116 Å². The number of aryl methyl sites for hydroxylation is 1. The summed E-state index contributed by atoms with van der Waals surface area (Å²) in [5.74, 6) is -5.04. The van der Waals surface area contributed by atoms with Crippen molar-refractivity contribution < 1.29 is 91.0 Å². The van der Waals surface area contributed by atoms with Crippen LogP contribution in [-0.4, -0.2) is 195 Å². The third-order valence-corrected chi connectivity index (χ3v) is 16.2. The first-order valence-electron chi connectivity index (χ1n) is 27.2. The van der Waals surface area contributed by atoms with Crippen LogP contribution in [0.15, 0.2) is 35.9 Å². The van der Waals surface area contributed by atoms with Gasteiger partial charge in [0.15, 0.2) is 6.10 Å². The van der Waals surface area contributed by atoms with Gasteiger partial charge in [-0.25, -0.2) is 14.4 Å². The van der Waals surface area contributed by atoms with Crippen molar-refractivity contribution >= 4 is 82.5 Å². The van der Waals surface area contributed by atoms with Crippen molar-refractivity contribution in [3.05, 3.63) is 52.1 Å². The van der Waals surface area contributed by atoms with Gasteiger partial charge >= 0.3 is 18.0 Å². The molecule has 0 aromatic heterocycles. The molecule has 5 heterocycles. The zero-order chi connectivity index (χ0) is 59.0. The molecule has 2 unspecified atom stereocenters. The van der Waals surface area contributed by atoms with Crippen LogP contribution in [0.4, 0.5) is 10.5 Å². The van der Waals surface area contributed by atoms with E-state index in [1.165, 1.54) is 23.6 Å². The van der Waals surface area contributed by atoms with Gasteiger partial charge in [-0.05, 0) is 51.3 Å². The van der Waals surface area contributed by atoms with Crippen LogP contribution in [0.1, 0.15) is 90.7 Å². The fourth-order valence-corrected chi connectivity index (χ4v) is 10.8. The lowest BCUT2D eigenvalue weighted by Crippen LogP contribution is -2.60. The number of ether oxygens (including phenoxy) is 8.